The molecule has 1 aliphatic heterocycles. The highest BCUT2D eigenvalue weighted by Gasteiger charge is 2.25. The highest BCUT2D eigenvalue weighted by atomic mass is 15.3. The van der Waals surface area contributed by atoms with Crippen LogP contribution in [0.15, 0.2) is 55.1 Å². The van der Waals surface area contributed by atoms with Crippen molar-refractivity contribution in [2.24, 2.45) is 7.05 Å². The van der Waals surface area contributed by atoms with Crippen LogP contribution in [0.2, 0.25) is 0 Å². The summed E-state index contributed by atoms with van der Waals surface area (Å²) in [7, 11) is 2.08. The number of piperidine rings is 1. The molecule has 3 aromatic rings. The molecule has 1 fully saturated rings. The van der Waals surface area contributed by atoms with Gasteiger partial charge in [0.1, 0.15) is 5.82 Å². The van der Waals surface area contributed by atoms with Crippen LogP contribution in [0, 0.1) is 0 Å². The molecule has 2 aromatic heterocycles. The third-order valence-electron chi connectivity index (χ3n) is 5.23. The van der Waals surface area contributed by atoms with Gasteiger partial charge in [-0.1, -0.05) is 42.5 Å². The van der Waals surface area contributed by atoms with Gasteiger partial charge in [0.15, 0.2) is 5.82 Å². The quantitative estimate of drug-likeness (QED) is 0.676. The maximum atomic E-state index is 4.52. The molecule has 1 saturated heterocycles. The van der Waals surface area contributed by atoms with Crippen molar-refractivity contribution in [3.8, 4) is 0 Å². The van der Waals surface area contributed by atoms with E-state index in [4.69, 9.17) is 0 Å². The molecular formula is C21H26N6. The Morgan fingerprint density at radius 1 is 1.19 bits per heavy atom. The average Bonchev–Trinajstić information content (AvgIpc) is 3.34. The Morgan fingerprint density at radius 3 is 2.89 bits per heavy atom. The standard InChI is InChI=1S/C21H26N6/c1-25-20(16-27-14-11-22-17-27)23-24-21(25)19-10-6-13-26(15-19)12-5-9-18-7-3-2-4-8-18/h2-5,7-9,11,14,17,19H,6,10,12-13,15-16H2,1H3/b9-5+. The fourth-order valence-electron chi connectivity index (χ4n) is 3.75. The molecule has 1 atom stereocenters. The van der Waals surface area contributed by atoms with Gasteiger partial charge >= 0.3 is 0 Å². The van der Waals surface area contributed by atoms with Crippen LogP contribution < -0.4 is 0 Å². The van der Waals surface area contributed by atoms with E-state index in [9.17, 15) is 0 Å². The maximum Gasteiger partial charge on any atom is 0.152 e. The summed E-state index contributed by atoms with van der Waals surface area (Å²) in [5.74, 6) is 2.52. The average molecular weight is 362 g/mol. The Kier molecular flexibility index (Phi) is 5.44. The van der Waals surface area contributed by atoms with Gasteiger partial charge in [0, 0.05) is 38.4 Å². The number of imidazole rings is 1. The van der Waals surface area contributed by atoms with Gasteiger partial charge in [-0.25, -0.2) is 4.98 Å². The van der Waals surface area contributed by atoms with E-state index in [1.54, 1.807) is 6.20 Å². The van der Waals surface area contributed by atoms with Gasteiger partial charge < -0.3 is 9.13 Å². The second-order valence-corrected chi connectivity index (χ2v) is 7.18. The Morgan fingerprint density at radius 2 is 2.07 bits per heavy atom. The van der Waals surface area contributed by atoms with Gasteiger partial charge in [-0.05, 0) is 24.9 Å². The molecule has 0 spiro atoms. The molecule has 0 bridgehead atoms. The van der Waals surface area contributed by atoms with Crippen molar-refractivity contribution in [1.29, 1.82) is 0 Å². The van der Waals surface area contributed by atoms with E-state index in [1.165, 1.54) is 18.4 Å². The Bertz CT molecular complexity index is 865. The van der Waals surface area contributed by atoms with Crippen molar-refractivity contribution < 1.29 is 0 Å². The van der Waals surface area contributed by atoms with E-state index >= 15 is 0 Å². The molecule has 140 valence electrons. The summed E-state index contributed by atoms with van der Waals surface area (Å²) in [5, 5.41) is 8.94. The SMILES string of the molecule is Cn1c(Cn2ccnc2)nnc1C1CCCN(C/C=C/c2ccccc2)C1. The molecule has 27 heavy (non-hydrogen) atoms. The molecule has 1 aromatic carbocycles. The van der Waals surface area contributed by atoms with Crippen LogP contribution >= 0.6 is 0 Å². The number of hydrogen-bond acceptors (Lipinski definition) is 4. The Hall–Kier alpha value is -2.73. The number of aromatic nitrogens is 5. The molecule has 0 saturated carbocycles. The highest BCUT2D eigenvalue weighted by molar-refractivity contribution is 5.48. The maximum absolute atomic E-state index is 4.52. The number of rotatable bonds is 6. The van der Waals surface area contributed by atoms with Crippen molar-refractivity contribution >= 4 is 6.08 Å². The van der Waals surface area contributed by atoms with E-state index in [2.05, 4.69) is 74.2 Å². The van der Waals surface area contributed by atoms with Gasteiger partial charge in [-0.2, -0.15) is 0 Å². The second kappa shape index (κ2) is 8.31. The summed E-state index contributed by atoms with van der Waals surface area (Å²) in [4.78, 5) is 6.61. The van der Waals surface area contributed by atoms with Crippen molar-refractivity contribution in [3.05, 3.63) is 72.3 Å². The summed E-state index contributed by atoms with van der Waals surface area (Å²) in [6, 6.07) is 10.5. The third kappa shape index (κ3) is 4.34. The topological polar surface area (TPSA) is 51.8 Å². The molecule has 0 radical (unpaired) electrons. The first-order chi connectivity index (χ1) is 13.3. The largest absolute Gasteiger partial charge is 0.330 e. The van der Waals surface area contributed by atoms with Crippen LogP contribution in [-0.4, -0.2) is 48.8 Å². The Labute approximate surface area is 160 Å². The lowest BCUT2D eigenvalue weighted by Crippen LogP contribution is -2.35. The zero-order valence-electron chi connectivity index (χ0n) is 15.8. The molecule has 1 aliphatic rings. The number of benzene rings is 1. The van der Waals surface area contributed by atoms with Crippen LogP contribution in [-0.2, 0) is 13.6 Å². The predicted molar refractivity (Wildman–Crippen MR) is 106 cm³/mol. The minimum atomic E-state index is 0.443. The van der Waals surface area contributed by atoms with Crippen molar-refractivity contribution in [2.75, 3.05) is 19.6 Å². The van der Waals surface area contributed by atoms with Gasteiger partial charge in [-0.3, -0.25) is 4.90 Å². The van der Waals surface area contributed by atoms with E-state index < -0.39 is 0 Å². The molecule has 0 N–H and O–H groups in total. The smallest absolute Gasteiger partial charge is 0.152 e. The van der Waals surface area contributed by atoms with E-state index in [0.717, 1.165) is 31.3 Å². The second-order valence-electron chi connectivity index (χ2n) is 7.18. The molecule has 4 rings (SSSR count). The van der Waals surface area contributed by atoms with Gasteiger partial charge in [0.2, 0.25) is 0 Å². The number of hydrogen-bond donors (Lipinski definition) is 0. The molecule has 3 heterocycles. The summed E-state index contributed by atoms with van der Waals surface area (Å²) in [5.41, 5.74) is 1.25. The fourth-order valence-corrected chi connectivity index (χ4v) is 3.75. The first-order valence-electron chi connectivity index (χ1n) is 9.57. The van der Waals surface area contributed by atoms with Crippen LogP contribution in [0.3, 0.4) is 0 Å². The summed E-state index contributed by atoms with van der Waals surface area (Å²) in [6.07, 6.45) is 12.4. The summed E-state index contributed by atoms with van der Waals surface area (Å²) >= 11 is 0. The molecule has 6 nitrogen and oxygen atoms in total. The van der Waals surface area contributed by atoms with E-state index in [0.29, 0.717) is 12.5 Å². The lowest BCUT2D eigenvalue weighted by Gasteiger charge is -2.31. The van der Waals surface area contributed by atoms with Crippen LogP contribution in [0.4, 0.5) is 0 Å². The summed E-state index contributed by atoms with van der Waals surface area (Å²) < 4.78 is 4.18. The minimum Gasteiger partial charge on any atom is -0.330 e. The van der Waals surface area contributed by atoms with Crippen LogP contribution in [0.5, 0.6) is 0 Å². The predicted octanol–water partition coefficient (Wildman–Crippen LogP) is 2.95. The zero-order valence-corrected chi connectivity index (χ0v) is 15.8. The molecule has 6 heteroatoms. The molecular weight excluding hydrogens is 336 g/mol. The molecule has 1 unspecified atom stereocenters. The molecule has 0 amide bonds. The first kappa shape index (κ1) is 17.7. The van der Waals surface area contributed by atoms with E-state index in [-0.39, 0.29) is 0 Å². The minimum absolute atomic E-state index is 0.443. The fraction of sp³-hybridized carbons (Fsp3) is 0.381. The monoisotopic (exact) mass is 362 g/mol. The lowest BCUT2D eigenvalue weighted by atomic mass is 9.97. The van der Waals surface area contributed by atoms with Gasteiger partial charge in [0.05, 0.1) is 12.9 Å². The highest BCUT2D eigenvalue weighted by Crippen LogP contribution is 2.25. The first-order valence-corrected chi connectivity index (χ1v) is 9.57. The van der Waals surface area contributed by atoms with Gasteiger partial charge in [0.25, 0.3) is 0 Å². The van der Waals surface area contributed by atoms with Crippen LogP contribution in [0.25, 0.3) is 6.08 Å². The number of nitrogens with zero attached hydrogens (tertiary/aromatic N) is 6. The molecule has 0 aliphatic carbocycles. The van der Waals surface area contributed by atoms with Crippen molar-refractivity contribution in [3.63, 3.8) is 0 Å². The van der Waals surface area contributed by atoms with Crippen LogP contribution in [0.1, 0.15) is 36.0 Å². The summed E-state index contributed by atoms with van der Waals surface area (Å²) in [6.45, 7) is 3.87. The third-order valence-corrected chi connectivity index (χ3v) is 5.23. The Balaban J connectivity index is 1.38. The van der Waals surface area contributed by atoms with Gasteiger partial charge in [-0.15, -0.1) is 10.2 Å². The normalized spacial score (nSPS) is 18.3. The van der Waals surface area contributed by atoms with Crippen molar-refractivity contribution in [2.45, 2.75) is 25.3 Å². The zero-order chi connectivity index (χ0) is 18.5. The lowest BCUT2D eigenvalue weighted by molar-refractivity contribution is 0.222. The van der Waals surface area contributed by atoms with Crippen molar-refractivity contribution in [1.82, 2.24) is 29.2 Å². The van der Waals surface area contributed by atoms with E-state index in [1.807, 2.05) is 17.1 Å². The number of likely N-dealkylation sites (tertiary alicyclic amines) is 1.